The predicted octanol–water partition coefficient (Wildman–Crippen LogP) is 2.67. The standard InChI is InChI=1S/C19H28N4O/c1-5-19(20,6-2)13-21-18(24)12-17-14(3)22-23(15(17)4)16-10-8-7-9-11-16/h7-11H,5-6,12-13,20H2,1-4H3,(H,21,24). The number of nitrogens with one attached hydrogen (secondary N) is 1. The van der Waals surface area contributed by atoms with Crippen LogP contribution >= 0.6 is 0 Å². The number of carbonyl (C=O) groups excluding carboxylic acids is 1. The molecule has 1 amide bonds. The van der Waals surface area contributed by atoms with E-state index in [0.29, 0.717) is 13.0 Å². The highest BCUT2D eigenvalue weighted by molar-refractivity contribution is 5.79. The van der Waals surface area contributed by atoms with E-state index in [9.17, 15) is 4.79 Å². The Kier molecular flexibility index (Phi) is 5.78. The highest BCUT2D eigenvalue weighted by atomic mass is 16.1. The molecule has 0 aliphatic rings. The number of hydrogen-bond donors (Lipinski definition) is 2. The van der Waals surface area contributed by atoms with Gasteiger partial charge < -0.3 is 11.1 Å². The van der Waals surface area contributed by atoms with Crippen LogP contribution < -0.4 is 11.1 Å². The van der Waals surface area contributed by atoms with Crippen molar-refractivity contribution in [1.29, 1.82) is 0 Å². The predicted molar refractivity (Wildman–Crippen MR) is 97.3 cm³/mol. The first-order chi connectivity index (χ1) is 11.4. The summed E-state index contributed by atoms with van der Waals surface area (Å²) in [5.74, 6) is -0.00876. The first-order valence-electron chi connectivity index (χ1n) is 8.56. The Balaban J connectivity index is 2.11. The minimum atomic E-state index is -0.325. The Hall–Kier alpha value is -2.14. The van der Waals surface area contributed by atoms with Gasteiger partial charge >= 0.3 is 0 Å². The average Bonchev–Trinajstić information content (AvgIpc) is 2.88. The van der Waals surface area contributed by atoms with Gasteiger partial charge in [-0.2, -0.15) is 5.10 Å². The van der Waals surface area contributed by atoms with E-state index in [1.54, 1.807) is 0 Å². The smallest absolute Gasteiger partial charge is 0.224 e. The molecular formula is C19H28N4O. The summed E-state index contributed by atoms with van der Waals surface area (Å²) in [7, 11) is 0. The van der Waals surface area contributed by atoms with Crippen LogP contribution in [0.5, 0.6) is 0 Å². The molecule has 0 radical (unpaired) electrons. The lowest BCUT2D eigenvalue weighted by Crippen LogP contribution is -2.49. The maximum absolute atomic E-state index is 12.3. The summed E-state index contributed by atoms with van der Waals surface area (Å²) >= 11 is 0. The lowest BCUT2D eigenvalue weighted by Gasteiger charge is -2.26. The largest absolute Gasteiger partial charge is 0.354 e. The van der Waals surface area contributed by atoms with Gasteiger partial charge in [0, 0.05) is 23.3 Å². The molecule has 0 aliphatic carbocycles. The van der Waals surface area contributed by atoms with E-state index in [1.807, 2.05) is 62.7 Å². The summed E-state index contributed by atoms with van der Waals surface area (Å²) in [4.78, 5) is 12.3. The monoisotopic (exact) mass is 328 g/mol. The zero-order valence-corrected chi connectivity index (χ0v) is 15.1. The number of aryl methyl sites for hydroxylation is 1. The molecule has 0 saturated heterocycles. The number of aromatic nitrogens is 2. The second kappa shape index (κ2) is 7.62. The molecule has 130 valence electrons. The lowest BCUT2D eigenvalue weighted by molar-refractivity contribution is -0.120. The van der Waals surface area contributed by atoms with Crippen LogP contribution in [0.2, 0.25) is 0 Å². The minimum absolute atomic E-state index is 0.00876. The first kappa shape index (κ1) is 18.2. The van der Waals surface area contributed by atoms with Gasteiger partial charge in [-0.15, -0.1) is 0 Å². The van der Waals surface area contributed by atoms with E-state index in [-0.39, 0.29) is 11.4 Å². The minimum Gasteiger partial charge on any atom is -0.354 e. The molecule has 0 unspecified atom stereocenters. The van der Waals surface area contributed by atoms with Crippen LogP contribution in [0.3, 0.4) is 0 Å². The number of rotatable bonds is 7. The van der Waals surface area contributed by atoms with E-state index in [4.69, 9.17) is 5.73 Å². The van der Waals surface area contributed by atoms with Crippen molar-refractivity contribution < 1.29 is 4.79 Å². The van der Waals surface area contributed by atoms with Crippen LogP contribution in [0.1, 0.15) is 43.6 Å². The van der Waals surface area contributed by atoms with E-state index in [2.05, 4.69) is 10.4 Å². The molecule has 0 atom stereocenters. The summed E-state index contributed by atoms with van der Waals surface area (Å²) in [6.07, 6.45) is 2.01. The average molecular weight is 328 g/mol. The SMILES string of the molecule is CCC(N)(CC)CNC(=O)Cc1c(C)nn(-c2ccccc2)c1C. The Labute approximate surface area is 144 Å². The number of carbonyl (C=O) groups is 1. The number of nitrogens with two attached hydrogens (primary N) is 1. The normalized spacial score (nSPS) is 11.5. The van der Waals surface area contributed by atoms with Crippen molar-refractivity contribution in [3.8, 4) is 5.69 Å². The third kappa shape index (κ3) is 4.03. The van der Waals surface area contributed by atoms with Crippen LogP contribution in [0.25, 0.3) is 5.69 Å². The number of hydrogen-bond acceptors (Lipinski definition) is 3. The fraction of sp³-hybridized carbons (Fsp3) is 0.474. The molecule has 5 heteroatoms. The van der Waals surface area contributed by atoms with E-state index in [1.165, 1.54) is 0 Å². The van der Waals surface area contributed by atoms with Crippen molar-refractivity contribution in [3.05, 3.63) is 47.3 Å². The first-order valence-corrected chi connectivity index (χ1v) is 8.56. The van der Waals surface area contributed by atoms with Gasteiger partial charge in [0.05, 0.1) is 17.8 Å². The fourth-order valence-corrected chi connectivity index (χ4v) is 2.75. The summed E-state index contributed by atoms with van der Waals surface area (Å²) in [6.45, 7) is 8.55. The van der Waals surface area contributed by atoms with Gasteiger partial charge in [-0.1, -0.05) is 32.0 Å². The van der Waals surface area contributed by atoms with Crippen molar-refractivity contribution in [2.45, 2.75) is 52.5 Å². The third-order valence-electron chi connectivity index (χ3n) is 4.83. The van der Waals surface area contributed by atoms with Gasteiger partial charge in [-0.3, -0.25) is 4.79 Å². The van der Waals surface area contributed by atoms with Crippen molar-refractivity contribution in [2.75, 3.05) is 6.54 Å². The van der Waals surface area contributed by atoms with E-state index < -0.39 is 0 Å². The Morgan fingerprint density at radius 3 is 2.42 bits per heavy atom. The molecule has 3 N–H and O–H groups in total. The van der Waals surface area contributed by atoms with Crippen LogP contribution in [-0.2, 0) is 11.2 Å². The quantitative estimate of drug-likeness (QED) is 0.821. The van der Waals surface area contributed by atoms with Crippen molar-refractivity contribution in [1.82, 2.24) is 15.1 Å². The molecule has 24 heavy (non-hydrogen) atoms. The molecule has 5 nitrogen and oxygen atoms in total. The highest BCUT2D eigenvalue weighted by Crippen LogP contribution is 2.18. The topological polar surface area (TPSA) is 72.9 Å². The second-order valence-electron chi connectivity index (χ2n) is 6.42. The van der Waals surface area contributed by atoms with Crippen molar-refractivity contribution in [3.63, 3.8) is 0 Å². The van der Waals surface area contributed by atoms with Crippen LogP contribution in [0, 0.1) is 13.8 Å². The van der Waals surface area contributed by atoms with Crippen LogP contribution in [0.15, 0.2) is 30.3 Å². The summed E-state index contributed by atoms with van der Waals surface area (Å²) < 4.78 is 1.89. The number of benzene rings is 1. The molecule has 0 bridgehead atoms. The van der Waals surface area contributed by atoms with Crippen LogP contribution in [0.4, 0.5) is 0 Å². The fourth-order valence-electron chi connectivity index (χ4n) is 2.75. The van der Waals surface area contributed by atoms with Crippen LogP contribution in [-0.4, -0.2) is 27.8 Å². The summed E-state index contributed by atoms with van der Waals surface area (Å²) in [6, 6.07) is 9.95. The zero-order chi connectivity index (χ0) is 17.7. The van der Waals surface area contributed by atoms with E-state index >= 15 is 0 Å². The second-order valence-corrected chi connectivity index (χ2v) is 6.42. The summed E-state index contributed by atoms with van der Waals surface area (Å²) in [5, 5.41) is 7.56. The molecule has 0 saturated carbocycles. The molecule has 1 aromatic carbocycles. The van der Waals surface area contributed by atoms with Gasteiger partial charge in [-0.25, -0.2) is 4.68 Å². The van der Waals surface area contributed by atoms with E-state index in [0.717, 1.165) is 35.5 Å². The Morgan fingerprint density at radius 2 is 1.83 bits per heavy atom. The number of para-hydroxylation sites is 1. The maximum atomic E-state index is 12.3. The molecule has 0 fully saturated rings. The molecular weight excluding hydrogens is 300 g/mol. The van der Waals surface area contributed by atoms with Gasteiger partial charge in [0.2, 0.25) is 5.91 Å². The Bertz CT molecular complexity index is 687. The highest BCUT2D eigenvalue weighted by Gasteiger charge is 2.22. The van der Waals surface area contributed by atoms with Crippen molar-refractivity contribution in [2.24, 2.45) is 5.73 Å². The summed E-state index contributed by atoms with van der Waals surface area (Å²) in [5.41, 5.74) is 9.79. The van der Waals surface area contributed by atoms with Gasteiger partial charge in [0.15, 0.2) is 0 Å². The number of nitrogens with zero attached hydrogens (tertiary/aromatic N) is 2. The molecule has 2 rings (SSSR count). The zero-order valence-electron chi connectivity index (χ0n) is 15.1. The molecule has 1 aromatic heterocycles. The Morgan fingerprint density at radius 1 is 1.21 bits per heavy atom. The lowest BCUT2D eigenvalue weighted by atomic mass is 9.94. The third-order valence-corrected chi connectivity index (χ3v) is 4.83. The number of amides is 1. The molecule has 2 aromatic rings. The maximum Gasteiger partial charge on any atom is 0.224 e. The molecule has 0 aliphatic heterocycles. The molecule has 1 heterocycles. The van der Waals surface area contributed by atoms with Gasteiger partial charge in [0.1, 0.15) is 0 Å². The molecule has 0 spiro atoms. The van der Waals surface area contributed by atoms with Gasteiger partial charge in [0.25, 0.3) is 0 Å². The van der Waals surface area contributed by atoms with Gasteiger partial charge in [-0.05, 0) is 38.8 Å². The van der Waals surface area contributed by atoms with Crippen molar-refractivity contribution >= 4 is 5.91 Å².